The quantitative estimate of drug-likeness (QED) is 0.585. The Morgan fingerprint density at radius 2 is 1.97 bits per heavy atom. The van der Waals surface area contributed by atoms with Crippen molar-refractivity contribution in [3.05, 3.63) is 47.5 Å². The highest BCUT2D eigenvalue weighted by atomic mass is 32.2. The fraction of sp³-hybridized carbons (Fsp3) is 0.381. The van der Waals surface area contributed by atoms with Gasteiger partial charge in [0.05, 0.1) is 17.2 Å². The molecule has 1 heterocycles. The molecule has 7 nitrogen and oxygen atoms in total. The van der Waals surface area contributed by atoms with E-state index >= 15 is 0 Å². The first kappa shape index (κ1) is 22.5. The van der Waals surface area contributed by atoms with Gasteiger partial charge in [0.25, 0.3) is 10.0 Å². The van der Waals surface area contributed by atoms with Crippen LogP contribution < -0.4 is 9.46 Å². The van der Waals surface area contributed by atoms with Gasteiger partial charge in [0.1, 0.15) is 11.3 Å². The smallest absolute Gasteiger partial charge is 0.339 e. The summed E-state index contributed by atoms with van der Waals surface area (Å²) in [6, 6.07) is 9.31. The van der Waals surface area contributed by atoms with Crippen LogP contribution in [0.3, 0.4) is 0 Å². The summed E-state index contributed by atoms with van der Waals surface area (Å²) in [4.78, 5) is 12.6. The molecule has 0 spiro atoms. The number of sulfonamides is 1. The summed E-state index contributed by atoms with van der Waals surface area (Å²) in [5.74, 6) is -0.791. The van der Waals surface area contributed by atoms with Crippen molar-refractivity contribution in [2.24, 2.45) is 5.92 Å². The molecule has 162 valence electrons. The lowest BCUT2D eigenvalue weighted by molar-refractivity contribution is 0.0490. The molecule has 2 aromatic carbocycles. The molecule has 2 N–H and O–H groups in total. The molecule has 0 bridgehead atoms. The molecular formula is C21H25NO6S2. The van der Waals surface area contributed by atoms with Crippen molar-refractivity contribution >= 4 is 33.4 Å². The molecule has 1 fully saturated rings. The summed E-state index contributed by atoms with van der Waals surface area (Å²) >= 11 is 1.56. The summed E-state index contributed by atoms with van der Waals surface area (Å²) in [6.07, 6.45) is 3.65. The fourth-order valence-corrected chi connectivity index (χ4v) is 4.83. The zero-order valence-electron chi connectivity index (χ0n) is 16.9. The Morgan fingerprint density at radius 3 is 2.60 bits per heavy atom. The summed E-state index contributed by atoms with van der Waals surface area (Å²) in [5, 5.41) is 9.57. The predicted octanol–water partition coefficient (Wildman–Crippen LogP) is 4.02. The first-order chi connectivity index (χ1) is 14.3. The highest BCUT2D eigenvalue weighted by Gasteiger charge is 2.22. The number of nitrogens with one attached hydrogen (secondary N) is 1. The molecule has 1 aliphatic heterocycles. The number of benzene rings is 2. The van der Waals surface area contributed by atoms with Gasteiger partial charge >= 0.3 is 5.97 Å². The fourth-order valence-electron chi connectivity index (χ4n) is 3.17. The van der Waals surface area contributed by atoms with E-state index in [1.807, 2.05) is 25.3 Å². The third kappa shape index (κ3) is 5.47. The Labute approximate surface area is 180 Å². The van der Waals surface area contributed by atoms with Gasteiger partial charge in [-0.25, -0.2) is 13.2 Å². The van der Waals surface area contributed by atoms with Crippen molar-refractivity contribution in [1.82, 2.24) is 0 Å². The lowest BCUT2D eigenvalue weighted by Gasteiger charge is -2.22. The van der Waals surface area contributed by atoms with Gasteiger partial charge in [-0.15, -0.1) is 11.8 Å². The number of hydrogen-bond acceptors (Lipinski definition) is 6. The van der Waals surface area contributed by atoms with Gasteiger partial charge < -0.3 is 14.6 Å². The number of carboxylic acid groups (broad SMARTS) is 1. The number of aryl methyl sites for hydroxylation is 1. The van der Waals surface area contributed by atoms with E-state index < -0.39 is 16.0 Å². The average Bonchev–Trinajstić information content (AvgIpc) is 2.74. The van der Waals surface area contributed by atoms with Crippen LogP contribution >= 0.6 is 11.8 Å². The van der Waals surface area contributed by atoms with Gasteiger partial charge in [0, 0.05) is 18.1 Å². The molecule has 1 aliphatic rings. The first-order valence-electron chi connectivity index (χ1n) is 9.55. The topological polar surface area (TPSA) is 102 Å². The number of aromatic carboxylic acids is 1. The molecular weight excluding hydrogens is 426 g/mol. The molecule has 1 saturated heterocycles. The highest BCUT2D eigenvalue weighted by molar-refractivity contribution is 7.98. The number of carboxylic acids is 1. The van der Waals surface area contributed by atoms with Gasteiger partial charge in [-0.3, -0.25) is 4.72 Å². The maximum atomic E-state index is 12.8. The van der Waals surface area contributed by atoms with Gasteiger partial charge in [0.15, 0.2) is 0 Å². The standard InChI is InChI=1S/C21H25NO6S2/c1-14-11-16(29-2)3-5-19(14)22-30(25,26)17-4-6-20(18(12-17)21(23)24)28-13-15-7-9-27-10-8-15/h3-6,11-12,15,22H,7-10,13H2,1-2H3,(H,23,24). The molecule has 3 rings (SSSR count). The van der Waals surface area contributed by atoms with Crippen LogP contribution in [0.4, 0.5) is 5.69 Å². The third-order valence-electron chi connectivity index (χ3n) is 4.99. The van der Waals surface area contributed by atoms with E-state index in [0.717, 1.165) is 29.4 Å². The van der Waals surface area contributed by atoms with Crippen LogP contribution in [-0.2, 0) is 14.8 Å². The molecule has 0 aliphatic carbocycles. The molecule has 2 aromatic rings. The van der Waals surface area contributed by atoms with Crippen LogP contribution in [0.1, 0.15) is 28.8 Å². The zero-order valence-corrected chi connectivity index (χ0v) is 18.5. The van der Waals surface area contributed by atoms with Gasteiger partial charge in [-0.05, 0) is 73.9 Å². The summed E-state index contributed by atoms with van der Waals surface area (Å²) in [7, 11) is -3.96. The maximum Gasteiger partial charge on any atom is 0.339 e. The largest absolute Gasteiger partial charge is 0.492 e. The predicted molar refractivity (Wildman–Crippen MR) is 116 cm³/mol. The van der Waals surface area contributed by atoms with E-state index in [2.05, 4.69) is 4.72 Å². The average molecular weight is 452 g/mol. The lowest BCUT2D eigenvalue weighted by atomic mass is 10.0. The third-order valence-corrected chi connectivity index (χ3v) is 7.07. The molecule has 9 heteroatoms. The second-order valence-corrected chi connectivity index (χ2v) is 9.68. The number of rotatable bonds is 8. The number of hydrogen-bond donors (Lipinski definition) is 2. The highest BCUT2D eigenvalue weighted by Crippen LogP contribution is 2.28. The molecule has 0 unspecified atom stereocenters. The normalized spacial score (nSPS) is 15.0. The van der Waals surface area contributed by atoms with Crippen molar-refractivity contribution in [3.8, 4) is 5.75 Å². The van der Waals surface area contributed by atoms with Crippen molar-refractivity contribution in [1.29, 1.82) is 0 Å². The van der Waals surface area contributed by atoms with Crippen LogP contribution in [0.25, 0.3) is 0 Å². The van der Waals surface area contributed by atoms with Gasteiger partial charge in [-0.1, -0.05) is 0 Å². The monoisotopic (exact) mass is 451 g/mol. The van der Waals surface area contributed by atoms with E-state index in [0.29, 0.717) is 25.5 Å². The van der Waals surface area contributed by atoms with Crippen molar-refractivity contribution in [2.75, 3.05) is 30.8 Å². The van der Waals surface area contributed by atoms with Crippen LogP contribution in [0, 0.1) is 12.8 Å². The van der Waals surface area contributed by atoms with Crippen LogP contribution in [0.5, 0.6) is 5.75 Å². The van der Waals surface area contributed by atoms with Crippen molar-refractivity contribution < 1.29 is 27.8 Å². The van der Waals surface area contributed by atoms with Crippen LogP contribution in [-0.4, -0.2) is 45.6 Å². The van der Waals surface area contributed by atoms with Crippen LogP contribution in [0.2, 0.25) is 0 Å². The summed E-state index contributed by atoms with van der Waals surface area (Å²) in [6.45, 7) is 3.52. The first-order valence-corrected chi connectivity index (χ1v) is 12.3. The maximum absolute atomic E-state index is 12.8. The Bertz CT molecular complexity index is 1020. The summed E-state index contributed by atoms with van der Waals surface area (Å²) in [5.41, 5.74) is 1.05. The van der Waals surface area contributed by atoms with E-state index in [9.17, 15) is 18.3 Å². The zero-order chi connectivity index (χ0) is 21.7. The Balaban J connectivity index is 1.80. The molecule has 0 aromatic heterocycles. The second-order valence-electron chi connectivity index (χ2n) is 7.12. The van der Waals surface area contributed by atoms with Gasteiger partial charge in [0.2, 0.25) is 0 Å². The molecule has 30 heavy (non-hydrogen) atoms. The minimum absolute atomic E-state index is 0.133. The number of anilines is 1. The van der Waals surface area contributed by atoms with Gasteiger partial charge in [-0.2, -0.15) is 0 Å². The Hall–Kier alpha value is -2.23. The van der Waals surface area contributed by atoms with E-state index in [1.54, 1.807) is 17.8 Å². The van der Waals surface area contributed by atoms with E-state index in [4.69, 9.17) is 9.47 Å². The molecule has 0 amide bonds. The molecule has 0 atom stereocenters. The lowest BCUT2D eigenvalue weighted by Crippen LogP contribution is -2.22. The Kier molecular flexibility index (Phi) is 7.27. The SMILES string of the molecule is CSc1ccc(NS(=O)(=O)c2ccc(OCC3CCOCC3)c(C(=O)O)c2)c(C)c1. The Morgan fingerprint density at radius 1 is 1.23 bits per heavy atom. The molecule has 0 saturated carbocycles. The minimum atomic E-state index is -3.96. The number of carbonyl (C=O) groups is 1. The van der Waals surface area contributed by atoms with E-state index in [1.165, 1.54) is 12.1 Å². The van der Waals surface area contributed by atoms with Crippen molar-refractivity contribution in [2.45, 2.75) is 29.6 Å². The van der Waals surface area contributed by atoms with Crippen molar-refractivity contribution in [3.63, 3.8) is 0 Å². The number of thioether (sulfide) groups is 1. The second kappa shape index (κ2) is 9.72. The van der Waals surface area contributed by atoms with Crippen LogP contribution in [0.15, 0.2) is 46.2 Å². The van der Waals surface area contributed by atoms with E-state index in [-0.39, 0.29) is 22.1 Å². The molecule has 0 radical (unpaired) electrons. The minimum Gasteiger partial charge on any atom is -0.492 e. The summed E-state index contributed by atoms with van der Waals surface area (Å²) < 4.78 is 39.2. The number of ether oxygens (including phenoxy) is 2.